The highest BCUT2D eigenvalue weighted by atomic mass is 32.2. The van der Waals surface area contributed by atoms with Crippen molar-refractivity contribution in [2.75, 3.05) is 5.75 Å². The minimum atomic E-state index is -1.18. The number of aliphatic carboxylic acids is 1. The molecule has 1 saturated heterocycles. The van der Waals surface area contributed by atoms with Crippen LogP contribution < -0.4 is 11.3 Å². The Balaban J connectivity index is 1.49. The fraction of sp³-hybridized carbons (Fsp3) is 0.267. The highest BCUT2D eigenvalue weighted by molar-refractivity contribution is 8.00. The lowest BCUT2D eigenvalue weighted by atomic mass is 9.98. The average Bonchev–Trinajstić information content (AvgIpc) is 2.96. The third kappa shape index (κ3) is 4.96. The second-order valence-corrected chi connectivity index (χ2v) is 11.1. The molecule has 0 unspecified atom stereocenters. The van der Waals surface area contributed by atoms with E-state index in [2.05, 4.69) is 0 Å². The first-order valence-electron chi connectivity index (χ1n) is 12.9. The highest BCUT2D eigenvalue weighted by Gasteiger charge is 2.57. The molecule has 40 heavy (non-hydrogen) atoms. The van der Waals surface area contributed by atoms with Crippen molar-refractivity contribution in [3.05, 3.63) is 117 Å². The molecule has 206 valence electrons. The Labute approximate surface area is 235 Å². The number of carbonyl (C=O) groups is 3. The molecule has 2 amide bonds. The van der Waals surface area contributed by atoms with E-state index in [0.717, 1.165) is 11.3 Å². The third-order valence-corrected chi connectivity index (χ3v) is 8.84. The minimum Gasteiger partial charge on any atom is -0.477 e. The topological polar surface area (TPSA) is 126 Å². The Morgan fingerprint density at radius 1 is 1.05 bits per heavy atom. The van der Waals surface area contributed by atoms with Crippen LogP contribution in [0.15, 0.2) is 88.9 Å². The van der Waals surface area contributed by atoms with E-state index >= 15 is 0 Å². The summed E-state index contributed by atoms with van der Waals surface area (Å²) < 4.78 is 1.56. The fourth-order valence-electron chi connectivity index (χ4n) is 5.22. The van der Waals surface area contributed by atoms with Crippen LogP contribution in [-0.4, -0.2) is 54.4 Å². The number of hydrogen-bond donors (Lipinski definition) is 2. The van der Waals surface area contributed by atoms with Gasteiger partial charge in [0.05, 0.1) is 6.54 Å². The van der Waals surface area contributed by atoms with Crippen molar-refractivity contribution in [1.82, 2.24) is 14.4 Å². The van der Waals surface area contributed by atoms with Gasteiger partial charge in [-0.2, -0.15) is 0 Å². The van der Waals surface area contributed by atoms with Crippen LogP contribution in [0, 0.1) is 0 Å². The van der Waals surface area contributed by atoms with Crippen LogP contribution in [0.5, 0.6) is 0 Å². The number of carboxylic acids is 1. The molecule has 2 aliphatic rings. The number of carboxylic acid groups (broad SMARTS) is 1. The number of rotatable bonds is 8. The SMILES string of the molecule is CC1=C(C(=O)O)N2C(=O)[C@@H](N(Cc3ccc(Cc4ccccc4)n(C)c3=O)C(=O)[C@H](N)c3ccccc3)[C@H]2SC1. The molecule has 10 heteroatoms. The lowest BCUT2D eigenvalue weighted by Crippen LogP contribution is -2.71. The van der Waals surface area contributed by atoms with Crippen LogP contribution in [0.25, 0.3) is 0 Å². The largest absolute Gasteiger partial charge is 0.477 e. The number of amides is 2. The monoisotopic (exact) mass is 558 g/mol. The Morgan fingerprint density at radius 3 is 2.35 bits per heavy atom. The molecule has 0 aliphatic carbocycles. The van der Waals surface area contributed by atoms with Gasteiger partial charge in [-0.3, -0.25) is 19.3 Å². The van der Waals surface area contributed by atoms with E-state index in [-0.39, 0.29) is 17.8 Å². The van der Waals surface area contributed by atoms with Crippen molar-refractivity contribution in [2.24, 2.45) is 12.8 Å². The fourth-order valence-corrected chi connectivity index (χ4v) is 6.58. The van der Waals surface area contributed by atoms with Gasteiger partial charge in [-0.05, 0) is 35.8 Å². The van der Waals surface area contributed by atoms with E-state index in [1.54, 1.807) is 48.9 Å². The summed E-state index contributed by atoms with van der Waals surface area (Å²) in [7, 11) is 1.69. The van der Waals surface area contributed by atoms with E-state index in [1.807, 2.05) is 42.5 Å². The summed E-state index contributed by atoms with van der Waals surface area (Å²) in [6, 6.07) is 20.1. The number of aromatic nitrogens is 1. The van der Waals surface area contributed by atoms with E-state index < -0.39 is 35.2 Å². The van der Waals surface area contributed by atoms with Crippen molar-refractivity contribution < 1.29 is 19.5 Å². The first kappa shape index (κ1) is 27.4. The standard InChI is InChI=1S/C30H30N4O5S/c1-18-17-40-29-25(28(37)34(29)24(18)30(38)39)33(27(36)23(31)20-11-7-4-8-12-20)16-21-13-14-22(32(2)26(21)35)15-19-9-5-3-6-10-19/h3-14,23,25,29H,15-17,31H2,1-2H3,(H,38,39)/t23-,25-,29-/m1/s1. The molecule has 2 aliphatic heterocycles. The number of pyridine rings is 1. The summed E-state index contributed by atoms with van der Waals surface area (Å²) in [6.07, 6.45) is 0.562. The molecule has 0 radical (unpaired) electrons. The normalized spacial score (nSPS) is 19.1. The van der Waals surface area contributed by atoms with E-state index in [1.165, 1.54) is 21.6 Å². The molecule has 5 rings (SSSR count). The first-order valence-corrected chi connectivity index (χ1v) is 13.9. The maximum atomic E-state index is 13.9. The molecule has 9 nitrogen and oxygen atoms in total. The van der Waals surface area contributed by atoms with E-state index in [4.69, 9.17) is 5.73 Å². The summed E-state index contributed by atoms with van der Waals surface area (Å²) >= 11 is 1.39. The summed E-state index contributed by atoms with van der Waals surface area (Å²) in [6.45, 7) is 1.55. The van der Waals surface area contributed by atoms with Crippen LogP contribution >= 0.6 is 11.8 Å². The first-order chi connectivity index (χ1) is 19.2. The smallest absolute Gasteiger partial charge is 0.352 e. The number of benzene rings is 2. The molecule has 1 aromatic heterocycles. The van der Waals surface area contributed by atoms with Gasteiger partial charge in [0.25, 0.3) is 11.5 Å². The van der Waals surface area contributed by atoms with Gasteiger partial charge in [-0.15, -0.1) is 11.8 Å². The van der Waals surface area contributed by atoms with Crippen LogP contribution in [0.3, 0.4) is 0 Å². The summed E-state index contributed by atoms with van der Waals surface area (Å²) in [5.74, 6) is -1.78. The van der Waals surface area contributed by atoms with Crippen molar-refractivity contribution in [3.63, 3.8) is 0 Å². The summed E-state index contributed by atoms with van der Waals surface area (Å²) in [5.41, 5.74) is 9.42. The minimum absolute atomic E-state index is 0.0501. The third-order valence-electron chi connectivity index (χ3n) is 7.43. The van der Waals surface area contributed by atoms with Crippen molar-refractivity contribution in [2.45, 2.75) is 37.3 Å². The number of fused-ring (bicyclic) bond motifs is 1. The van der Waals surface area contributed by atoms with Crippen LogP contribution in [0.2, 0.25) is 0 Å². The quantitative estimate of drug-likeness (QED) is 0.407. The molecule has 3 heterocycles. The molecule has 0 saturated carbocycles. The molecule has 3 N–H and O–H groups in total. The molecule has 0 spiro atoms. The molecule has 0 bridgehead atoms. The number of β-lactam (4-membered cyclic amide) rings is 1. The Morgan fingerprint density at radius 2 is 1.70 bits per heavy atom. The number of thioether (sulfide) groups is 1. The van der Waals surface area contributed by atoms with E-state index in [9.17, 15) is 24.3 Å². The van der Waals surface area contributed by atoms with Crippen LogP contribution in [0.4, 0.5) is 0 Å². The molecule has 3 aromatic rings. The maximum absolute atomic E-state index is 13.9. The van der Waals surface area contributed by atoms with Crippen LogP contribution in [0.1, 0.15) is 35.3 Å². The number of carbonyl (C=O) groups excluding carboxylic acids is 2. The Kier molecular flexibility index (Phi) is 7.64. The molecule has 1 fully saturated rings. The molecular weight excluding hydrogens is 528 g/mol. The lowest BCUT2D eigenvalue weighted by Gasteiger charge is -2.53. The number of nitrogens with zero attached hydrogens (tertiary/aromatic N) is 3. The highest BCUT2D eigenvalue weighted by Crippen LogP contribution is 2.43. The molecule has 3 atom stereocenters. The predicted octanol–water partition coefficient (Wildman–Crippen LogP) is 2.65. The average molecular weight is 559 g/mol. The van der Waals surface area contributed by atoms with Crippen LogP contribution in [-0.2, 0) is 34.4 Å². The van der Waals surface area contributed by atoms with E-state index in [0.29, 0.717) is 28.9 Å². The van der Waals surface area contributed by atoms with Gasteiger partial charge in [0, 0.05) is 30.5 Å². The predicted molar refractivity (Wildman–Crippen MR) is 152 cm³/mol. The van der Waals surface area contributed by atoms with Gasteiger partial charge >= 0.3 is 5.97 Å². The molecular formula is C30H30N4O5S. The second-order valence-electron chi connectivity index (χ2n) is 10.0. The van der Waals surface area contributed by atoms with Gasteiger partial charge in [0.2, 0.25) is 5.91 Å². The summed E-state index contributed by atoms with van der Waals surface area (Å²) in [5, 5.41) is 9.16. The zero-order valence-corrected chi connectivity index (χ0v) is 23.0. The van der Waals surface area contributed by atoms with Gasteiger partial charge in [0.1, 0.15) is 23.2 Å². The lowest BCUT2D eigenvalue weighted by molar-refractivity contribution is -0.161. The van der Waals surface area contributed by atoms with Crippen molar-refractivity contribution in [3.8, 4) is 0 Å². The maximum Gasteiger partial charge on any atom is 0.352 e. The van der Waals surface area contributed by atoms with Gasteiger partial charge in [-0.25, -0.2) is 4.79 Å². The molecule has 2 aromatic carbocycles. The van der Waals surface area contributed by atoms with Crippen molar-refractivity contribution >= 4 is 29.5 Å². The zero-order chi connectivity index (χ0) is 28.6. The Bertz CT molecular complexity index is 1550. The van der Waals surface area contributed by atoms with Crippen molar-refractivity contribution in [1.29, 1.82) is 0 Å². The summed E-state index contributed by atoms with van der Waals surface area (Å²) in [4.78, 5) is 55.3. The van der Waals surface area contributed by atoms with Gasteiger partial charge < -0.3 is 20.3 Å². The number of hydrogen-bond acceptors (Lipinski definition) is 6. The van der Waals surface area contributed by atoms with Gasteiger partial charge in [0.15, 0.2) is 0 Å². The Hall–Kier alpha value is -4.15. The zero-order valence-electron chi connectivity index (χ0n) is 22.2. The second kappa shape index (κ2) is 11.1. The van der Waals surface area contributed by atoms with Gasteiger partial charge in [-0.1, -0.05) is 60.7 Å². The number of nitrogens with two attached hydrogens (primary N) is 1.